The monoisotopic (exact) mass is 429 g/mol. The van der Waals surface area contributed by atoms with Crippen molar-refractivity contribution in [3.05, 3.63) is 92.4 Å². The minimum Gasteiger partial charge on any atom is -0.488 e. The molecule has 0 aromatic heterocycles. The summed E-state index contributed by atoms with van der Waals surface area (Å²) in [4.78, 5) is 0. The van der Waals surface area contributed by atoms with E-state index in [0.29, 0.717) is 6.61 Å². The van der Waals surface area contributed by atoms with Crippen molar-refractivity contribution in [2.24, 2.45) is 0 Å². The standard InChI is InChI=1S/C22H21BrClNO/c1-15-3-9-21(16(2)11-15)25-13-18-6-10-22(20(23)12-18)26-14-17-4-7-19(24)8-5-17/h3-12,25H,13-14H2,1-2H3. The highest BCUT2D eigenvalue weighted by atomic mass is 79.9. The van der Waals surface area contributed by atoms with Crippen molar-refractivity contribution in [1.29, 1.82) is 0 Å². The Kier molecular flexibility index (Phi) is 6.23. The van der Waals surface area contributed by atoms with E-state index in [1.807, 2.05) is 30.3 Å². The molecule has 134 valence electrons. The third kappa shape index (κ3) is 5.03. The van der Waals surface area contributed by atoms with Crippen LogP contribution in [0.2, 0.25) is 5.02 Å². The van der Waals surface area contributed by atoms with E-state index in [1.54, 1.807) is 0 Å². The summed E-state index contributed by atoms with van der Waals surface area (Å²) in [5, 5.41) is 4.22. The first-order chi connectivity index (χ1) is 12.5. The Hall–Kier alpha value is -1.97. The first kappa shape index (κ1) is 18.8. The maximum absolute atomic E-state index is 5.91. The fourth-order valence-corrected chi connectivity index (χ4v) is 3.39. The van der Waals surface area contributed by atoms with Crippen LogP contribution >= 0.6 is 27.5 Å². The van der Waals surface area contributed by atoms with Gasteiger partial charge in [0, 0.05) is 17.3 Å². The summed E-state index contributed by atoms with van der Waals surface area (Å²) < 4.78 is 6.85. The second-order valence-electron chi connectivity index (χ2n) is 6.35. The van der Waals surface area contributed by atoms with Gasteiger partial charge in [0.2, 0.25) is 0 Å². The molecule has 4 heteroatoms. The molecule has 0 saturated carbocycles. The average Bonchev–Trinajstić information content (AvgIpc) is 2.61. The maximum Gasteiger partial charge on any atom is 0.134 e. The Labute approximate surface area is 168 Å². The van der Waals surface area contributed by atoms with Crippen LogP contribution in [0.4, 0.5) is 5.69 Å². The summed E-state index contributed by atoms with van der Waals surface area (Å²) in [5.41, 5.74) is 5.97. The first-order valence-corrected chi connectivity index (χ1v) is 9.65. The van der Waals surface area contributed by atoms with Crippen molar-refractivity contribution in [3.63, 3.8) is 0 Å². The predicted molar refractivity (Wildman–Crippen MR) is 113 cm³/mol. The predicted octanol–water partition coefficient (Wildman–Crippen LogP) is 6.91. The quantitative estimate of drug-likeness (QED) is 0.458. The molecule has 2 nitrogen and oxygen atoms in total. The van der Waals surface area contributed by atoms with Gasteiger partial charge in [-0.15, -0.1) is 0 Å². The molecule has 1 N–H and O–H groups in total. The molecular formula is C22H21BrClNO. The van der Waals surface area contributed by atoms with Crippen molar-refractivity contribution in [2.45, 2.75) is 27.0 Å². The lowest BCUT2D eigenvalue weighted by atomic mass is 10.1. The van der Waals surface area contributed by atoms with E-state index >= 15 is 0 Å². The van der Waals surface area contributed by atoms with Crippen molar-refractivity contribution in [1.82, 2.24) is 0 Å². The molecular weight excluding hydrogens is 410 g/mol. The summed E-state index contributed by atoms with van der Waals surface area (Å²) in [6.07, 6.45) is 0. The van der Waals surface area contributed by atoms with Crippen molar-refractivity contribution in [2.75, 3.05) is 5.32 Å². The van der Waals surface area contributed by atoms with Gasteiger partial charge in [0.1, 0.15) is 12.4 Å². The molecule has 0 aliphatic rings. The molecule has 3 aromatic rings. The lowest BCUT2D eigenvalue weighted by Crippen LogP contribution is -2.02. The highest BCUT2D eigenvalue weighted by molar-refractivity contribution is 9.10. The van der Waals surface area contributed by atoms with Crippen molar-refractivity contribution < 1.29 is 4.74 Å². The van der Waals surface area contributed by atoms with E-state index in [9.17, 15) is 0 Å². The van der Waals surface area contributed by atoms with Crippen LogP contribution in [0.15, 0.2) is 65.1 Å². The van der Waals surface area contributed by atoms with Gasteiger partial charge in [0.15, 0.2) is 0 Å². The Bertz CT molecular complexity index is 893. The molecule has 0 atom stereocenters. The largest absolute Gasteiger partial charge is 0.488 e. The van der Waals surface area contributed by atoms with Gasteiger partial charge in [-0.05, 0) is 76.8 Å². The number of rotatable bonds is 6. The summed E-state index contributed by atoms with van der Waals surface area (Å²) in [6.45, 7) is 5.51. The Morgan fingerprint density at radius 1 is 0.923 bits per heavy atom. The van der Waals surface area contributed by atoms with E-state index in [1.165, 1.54) is 16.7 Å². The maximum atomic E-state index is 5.91. The lowest BCUT2D eigenvalue weighted by Gasteiger charge is -2.13. The molecule has 0 bridgehead atoms. The molecule has 0 aliphatic heterocycles. The molecule has 0 heterocycles. The Morgan fingerprint density at radius 2 is 1.65 bits per heavy atom. The van der Waals surface area contributed by atoms with Gasteiger partial charge in [-0.25, -0.2) is 0 Å². The van der Waals surface area contributed by atoms with Crippen molar-refractivity contribution >= 4 is 33.2 Å². The molecule has 26 heavy (non-hydrogen) atoms. The minimum absolute atomic E-state index is 0.510. The van der Waals surface area contributed by atoms with E-state index in [4.69, 9.17) is 16.3 Å². The normalized spacial score (nSPS) is 10.6. The number of nitrogens with one attached hydrogen (secondary N) is 1. The van der Waals surface area contributed by atoms with Gasteiger partial charge >= 0.3 is 0 Å². The molecule has 0 spiro atoms. The van der Waals surface area contributed by atoms with E-state index in [-0.39, 0.29) is 0 Å². The number of aryl methyl sites for hydroxylation is 2. The highest BCUT2D eigenvalue weighted by Crippen LogP contribution is 2.27. The molecule has 0 aliphatic carbocycles. The number of benzene rings is 3. The van der Waals surface area contributed by atoms with Gasteiger partial charge in [0.05, 0.1) is 4.47 Å². The summed E-state index contributed by atoms with van der Waals surface area (Å²) in [6, 6.07) is 20.3. The number of anilines is 1. The highest BCUT2D eigenvalue weighted by Gasteiger charge is 2.05. The molecule has 0 saturated heterocycles. The molecule has 3 aromatic carbocycles. The molecule has 0 fully saturated rings. The number of ether oxygens (including phenoxy) is 1. The van der Waals surface area contributed by atoms with Crippen LogP contribution in [-0.4, -0.2) is 0 Å². The van der Waals surface area contributed by atoms with Gasteiger partial charge in [0.25, 0.3) is 0 Å². The zero-order valence-corrected chi connectivity index (χ0v) is 17.2. The summed E-state index contributed by atoms with van der Waals surface area (Å²) in [7, 11) is 0. The fourth-order valence-electron chi connectivity index (χ4n) is 2.72. The van der Waals surface area contributed by atoms with E-state index < -0.39 is 0 Å². The van der Waals surface area contributed by atoms with Gasteiger partial charge in [-0.3, -0.25) is 0 Å². The average molecular weight is 431 g/mol. The number of hydrogen-bond acceptors (Lipinski definition) is 2. The summed E-state index contributed by atoms with van der Waals surface area (Å²) >= 11 is 9.52. The lowest BCUT2D eigenvalue weighted by molar-refractivity contribution is 0.304. The van der Waals surface area contributed by atoms with E-state index in [0.717, 1.165) is 33.0 Å². The molecule has 0 amide bonds. The van der Waals surface area contributed by atoms with Gasteiger partial charge in [-0.2, -0.15) is 0 Å². The van der Waals surface area contributed by atoms with Crippen LogP contribution in [0.3, 0.4) is 0 Å². The second-order valence-corrected chi connectivity index (χ2v) is 7.64. The Morgan fingerprint density at radius 3 is 2.35 bits per heavy atom. The zero-order chi connectivity index (χ0) is 18.5. The summed E-state index contributed by atoms with van der Waals surface area (Å²) in [5.74, 6) is 0.829. The Balaban J connectivity index is 1.60. The number of hydrogen-bond donors (Lipinski definition) is 1. The molecule has 0 radical (unpaired) electrons. The van der Waals surface area contributed by atoms with Crippen LogP contribution in [0, 0.1) is 13.8 Å². The van der Waals surface area contributed by atoms with E-state index in [2.05, 4.69) is 65.4 Å². The zero-order valence-electron chi connectivity index (χ0n) is 14.9. The third-order valence-electron chi connectivity index (χ3n) is 4.17. The van der Waals surface area contributed by atoms with Crippen LogP contribution in [0.5, 0.6) is 5.75 Å². The van der Waals surface area contributed by atoms with Crippen LogP contribution in [-0.2, 0) is 13.2 Å². The second kappa shape index (κ2) is 8.61. The fraction of sp³-hybridized carbons (Fsp3) is 0.182. The smallest absolute Gasteiger partial charge is 0.134 e. The topological polar surface area (TPSA) is 21.3 Å². The van der Waals surface area contributed by atoms with Gasteiger partial charge in [-0.1, -0.05) is 47.5 Å². The van der Waals surface area contributed by atoms with Crippen molar-refractivity contribution in [3.8, 4) is 5.75 Å². The van der Waals surface area contributed by atoms with Crippen LogP contribution in [0.1, 0.15) is 22.3 Å². The SMILES string of the molecule is Cc1ccc(NCc2ccc(OCc3ccc(Cl)cc3)c(Br)c2)c(C)c1. The molecule has 0 unspecified atom stereocenters. The van der Waals surface area contributed by atoms with Gasteiger partial charge < -0.3 is 10.1 Å². The number of halogens is 2. The van der Waals surface area contributed by atoms with Crippen LogP contribution < -0.4 is 10.1 Å². The molecule has 3 rings (SSSR count). The minimum atomic E-state index is 0.510. The third-order valence-corrected chi connectivity index (χ3v) is 5.04. The van der Waals surface area contributed by atoms with Crippen LogP contribution in [0.25, 0.3) is 0 Å². The first-order valence-electron chi connectivity index (χ1n) is 8.48.